The first-order valence-corrected chi connectivity index (χ1v) is 6.62. The number of fused-ring (bicyclic) bond motifs is 1. The molecule has 5 nitrogen and oxygen atoms in total. The smallest absolute Gasteiger partial charge is 0.178 e. The summed E-state index contributed by atoms with van der Waals surface area (Å²) < 4.78 is 1.72. The molecule has 0 bridgehead atoms. The number of hydrogen-bond acceptors (Lipinski definition) is 4. The maximum absolute atomic E-state index is 5.90. The minimum Gasteiger partial charge on any atom is -0.321 e. The van der Waals surface area contributed by atoms with E-state index in [1.54, 1.807) is 4.52 Å². The Balaban J connectivity index is 2.19. The monoisotopic (exact) mass is 267 g/mol. The summed E-state index contributed by atoms with van der Waals surface area (Å²) >= 11 is 0. The van der Waals surface area contributed by atoms with Gasteiger partial charge in [0.1, 0.15) is 0 Å². The average Bonchev–Trinajstić information content (AvgIpc) is 2.81. The molecule has 3 rings (SSSR count). The van der Waals surface area contributed by atoms with E-state index < -0.39 is 0 Å². The summed E-state index contributed by atoms with van der Waals surface area (Å²) in [6.45, 7) is 6.05. The zero-order valence-corrected chi connectivity index (χ0v) is 11.8. The van der Waals surface area contributed by atoms with Gasteiger partial charge in [0.15, 0.2) is 11.5 Å². The summed E-state index contributed by atoms with van der Waals surface area (Å²) in [5.41, 5.74) is 11.1. The average molecular weight is 267 g/mol. The van der Waals surface area contributed by atoms with Gasteiger partial charge in [-0.2, -0.15) is 9.61 Å². The zero-order valence-electron chi connectivity index (χ0n) is 11.8. The molecule has 3 aromatic rings. The van der Waals surface area contributed by atoms with Gasteiger partial charge in [-0.15, -0.1) is 10.2 Å². The molecule has 2 aromatic heterocycles. The second-order valence-corrected chi connectivity index (χ2v) is 5.15. The number of nitrogens with two attached hydrogens (primary N) is 1. The Bertz CT molecular complexity index is 773. The first-order valence-electron chi connectivity index (χ1n) is 6.62. The molecule has 5 heteroatoms. The van der Waals surface area contributed by atoms with E-state index in [0.29, 0.717) is 11.5 Å². The summed E-state index contributed by atoms with van der Waals surface area (Å²) in [6.07, 6.45) is 0. The van der Waals surface area contributed by atoms with Gasteiger partial charge in [-0.3, -0.25) is 0 Å². The van der Waals surface area contributed by atoms with Crippen molar-refractivity contribution in [3.05, 3.63) is 47.3 Å². The highest BCUT2D eigenvalue weighted by Crippen LogP contribution is 2.23. The van der Waals surface area contributed by atoms with Crippen LogP contribution in [0.5, 0.6) is 0 Å². The number of rotatable bonds is 2. The molecule has 2 heterocycles. The van der Waals surface area contributed by atoms with E-state index in [9.17, 15) is 0 Å². The zero-order chi connectivity index (χ0) is 14.3. The van der Waals surface area contributed by atoms with Crippen LogP contribution in [0.1, 0.15) is 29.9 Å². The Kier molecular flexibility index (Phi) is 2.99. The van der Waals surface area contributed by atoms with Crippen molar-refractivity contribution in [2.24, 2.45) is 5.73 Å². The van der Waals surface area contributed by atoms with Crippen LogP contribution < -0.4 is 5.73 Å². The molecule has 0 fully saturated rings. The normalized spacial score (nSPS) is 12.8. The van der Waals surface area contributed by atoms with E-state index >= 15 is 0 Å². The highest BCUT2D eigenvalue weighted by Gasteiger charge is 2.12. The minimum atomic E-state index is -0.202. The second-order valence-electron chi connectivity index (χ2n) is 5.15. The molecule has 0 aliphatic heterocycles. The van der Waals surface area contributed by atoms with Crippen molar-refractivity contribution >= 4 is 5.65 Å². The molecule has 0 aliphatic rings. The standard InChI is InChI=1S/C15H17N5/c1-9-4-5-12(10(2)8-9)13-6-7-14-17-18-15(11(3)16)20(14)19-13/h4-8,11H,16H2,1-3H3. The van der Waals surface area contributed by atoms with Crippen molar-refractivity contribution < 1.29 is 0 Å². The van der Waals surface area contributed by atoms with Crippen molar-refractivity contribution in [3.8, 4) is 11.3 Å². The third-order valence-electron chi connectivity index (χ3n) is 3.35. The summed E-state index contributed by atoms with van der Waals surface area (Å²) in [7, 11) is 0. The van der Waals surface area contributed by atoms with E-state index in [4.69, 9.17) is 5.73 Å². The van der Waals surface area contributed by atoms with E-state index in [-0.39, 0.29) is 6.04 Å². The van der Waals surface area contributed by atoms with E-state index in [1.807, 2.05) is 19.1 Å². The molecule has 2 N–H and O–H groups in total. The topological polar surface area (TPSA) is 69.1 Å². The predicted octanol–water partition coefficient (Wildman–Crippen LogP) is 2.43. The summed E-state index contributed by atoms with van der Waals surface area (Å²) in [5, 5.41) is 12.8. The first kappa shape index (κ1) is 12.7. The van der Waals surface area contributed by atoms with Crippen molar-refractivity contribution in [2.45, 2.75) is 26.8 Å². The molecule has 1 unspecified atom stereocenters. The van der Waals surface area contributed by atoms with Gasteiger partial charge in [0.25, 0.3) is 0 Å². The molecule has 0 amide bonds. The van der Waals surface area contributed by atoms with Crippen molar-refractivity contribution in [1.82, 2.24) is 19.8 Å². The van der Waals surface area contributed by atoms with Gasteiger partial charge in [-0.05, 0) is 38.5 Å². The van der Waals surface area contributed by atoms with E-state index in [1.165, 1.54) is 11.1 Å². The molecule has 0 spiro atoms. The molecule has 1 aromatic carbocycles. The summed E-state index contributed by atoms with van der Waals surface area (Å²) in [5.74, 6) is 0.673. The molecular weight excluding hydrogens is 250 g/mol. The maximum Gasteiger partial charge on any atom is 0.178 e. The molecule has 20 heavy (non-hydrogen) atoms. The van der Waals surface area contributed by atoms with Gasteiger partial charge in [0.05, 0.1) is 11.7 Å². The molecule has 102 valence electrons. The Morgan fingerprint density at radius 2 is 1.90 bits per heavy atom. The molecule has 0 saturated heterocycles. The highest BCUT2D eigenvalue weighted by atomic mass is 15.4. The van der Waals surface area contributed by atoms with Crippen LogP contribution in [0, 0.1) is 13.8 Å². The maximum atomic E-state index is 5.90. The summed E-state index contributed by atoms with van der Waals surface area (Å²) in [6, 6.07) is 10.0. The lowest BCUT2D eigenvalue weighted by atomic mass is 10.0. The largest absolute Gasteiger partial charge is 0.321 e. The molecule has 0 aliphatic carbocycles. The van der Waals surface area contributed by atoms with Crippen LogP contribution in [0.15, 0.2) is 30.3 Å². The lowest BCUT2D eigenvalue weighted by Gasteiger charge is -2.08. The predicted molar refractivity (Wildman–Crippen MR) is 78.3 cm³/mol. The van der Waals surface area contributed by atoms with Crippen LogP contribution in [0.4, 0.5) is 0 Å². The highest BCUT2D eigenvalue weighted by molar-refractivity contribution is 5.64. The number of hydrogen-bond donors (Lipinski definition) is 1. The first-order chi connectivity index (χ1) is 9.56. The molecular formula is C15H17N5. The molecule has 0 radical (unpaired) electrons. The Morgan fingerprint density at radius 1 is 1.10 bits per heavy atom. The van der Waals surface area contributed by atoms with Gasteiger partial charge in [0.2, 0.25) is 0 Å². The number of aromatic nitrogens is 4. The number of benzene rings is 1. The van der Waals surface area contributed by atoms with Crippen LogP contribution in [0.3, 0.4) is 0 Å². The Labute approximate surface area is 117 Å². The second kappa shape index (κ2) is 4.68. The van der Waals surface area contributed by atoms with Crippen LogP contribution in [-0.2, 0) is 0 Å². The fourth-order valence-corrected chi connectivity index (χ4v) is 2.33. The fourth-order valence-electron chi connectivity index (χ4n) is 2.33. The summed E-state index contributed by atoms with van der Waals surface area (Å²) in [4.78, 5) is 0. The van der Waals surface area contributed by atoms with Crippen molar-refractivity contribution in [1.29, 1.82) is 0 Å². The number of aryl methyl sites for hydroxylation is 2. The van der Waals surface area contributed by atoms with Crippen LogP contribution in [-0.4, -0.2) is 19.8 Å². The van der Waals surface area contributed by atoms with Gasteiger partial charge >= 0.3 is 0 Å². The molecule has 0 saturated carbocycles. The quantitative estimate of drug-likeness (QED) is 0.774. The van der Waals surface area contributed by atoms with E-state index in [0.717, 1.165) is 11.3 Å². The Hall–Kier alpha value is -2.27. The van der Waals surface area contributed by atoms with Crippen molar-refractivity contribution in [3.63, 3.8) is 0 Å². The Morgan fingerprint density at radius 3 is 2.60 bits per heavy atom. The third-order valence-corrected chi connectivity index (χ3v) is 3.35. The van der Waals surface area contributed by atoms with Gasteiger partial charge in [-0.25, -0.2) is 0 Å². The lowest BCUT2D eigenvalue weighted by Crippen LogP contribution is -2.11. The van der Waals surface area contributed by atoms with Gasteiger partial charge < -0.3 is 5.73 Å². The van der Waals surface area contributed by atoms with E-state index in [2.05, 4.69) is 47.3 Å². The molecule has 1 atom stereocenters. The van der Waals surface area contributed by atoms with Crippen LogP contribution in [0.25, 0.3) is 16.9 Å². The van der Waals surface area contributed by atoms with Crippen LogP contribution >= 0.6 is 0 Å². The third kappa shape index (κ3) is 2.06. The number of nitrogens with zero attached hydrogens (tertiary/aromatic N) is 4. The van der Waals surface area contributed by atoms with Crippen molar-refractivity contribution in [2.75, 3.05) is 0 Å². The van der Waals surface area contributed by atoms with Gasteiger partial charge in [0, 0.05) is 5.56 Å². The minimum absolute atomic E-state index is 0.202. The lowest BCUT2D eigenvalue weighted by molar-refractivity contribution is 0.696. The van der Waals surface area contributed by atoms with Gasteiger partial charge in [-0.1, -0.05) is 23.8 Å². The van der Waals surface area contributed by atoms with Crippen LogP contribution in [0.2, 0.25) is 0 Å². The fraction of sp³-hybridized carbons (Fsp3) is 0.267. The SMILES string of the molecule is Cc1ccc(-c2ccc3nnc(C(C)N)n3n2)c(C)c1.